The number of rotatable bonds is 4. The van der Waals surface area contributed by atoms with Gasteiger partial charge in [0.2, 0.25) is 6.79 Å². The first kappa shape index (κ1) is 11.1. The van der Waals surface area contributed by atoms with Crippen LogP contribution < -0.4 is 14.8 Å². The lowest BCUT2D eigenvalue weighted by Gasteiger charge is -2.12. The molecule has 0 amide bonds. The predicted octanol–water partition coefficient (Wildman–Crippen LogP) is 1.99. The second-order valence-corrected chi connectivity index (χ2v) is 4.23. The van der Waals surface area contributed by atoms with Crippen LogP contribution in [-0.2, 0) is 6.54 Å². The Morgan fingerprint density at radius 2 is 2.39 bits per heavy atom. The van der Waals surface area contributed by atoms with E-state index in [9.17, 15) is 0 Å². The van der Waals surface area contributed by atoms with Crippen LogP contribution in [0, 0.1) is 0 Å². The first-order valence-corrected chi connectivity index (χ1v) is 5.95. The molecule has 0 fully saturated rings. The normalized spacial score (nSPS) is 14.7. The molecule has 2 N–H and O–H groups in total. The summed E-state index contributed by atoms with van der Waals surface area (Å²) >= 11 is 0. The van der Waals surface area contributed by atoms with Gasteiger partial charge in [0.1, 0.15) is 5.82 Å². The minimum Gasteiger partial charge on any atom is -0.454 e. The standard InChI is InChI=1S/C13H15N3O2/c1-9(13-14-5-6-15-13)16-7-10-3-2-4-11-12(10)18-8-17-11/h2-6,9,16H,7-8H2,1H3,(H,14,15). The van der Waals surface area contributed by atoms with Gasteiger partial charge in [-0.1, -0.05) is 12.1 Å². The molecule has 0 saturated heterocycles. The summed E-state index contributed by atoms with van der Waals surface area (Å²) in [4.78, 5) is 7.32. The van der Waals surface area contributed by atoms with Gasteiger partial charge >= 0.3 is 0 Å². The highest BCUT2D eigenvalue weighted by atomic mass is 16.7. The van der Waals surface area contributed by atoms with Crippen molar-refractivity contribution in [3.8, 4) is 11.5 Å². The average molecular weight is 245 g/mol. The number of H-pyrrole nitrogens is 1. The number of hydrogen-bond donors (Lipinski definition) is 2. The topological polar surface area (TPSA) is 59.2 Å². The molecule has 0 bridgehead atoms. The Hall–Kier alpha value is -2.01. The van der Waals surface area contributed by atoms with E-state index in [-0.39, 0.29) is 6.04 Å². The molecular weight excluding hydrogens is 230 g/mol. The van der Waals surface area contributed by atoms with Crippen LogP contribution in [0.1, 0.15) is 24.4 Å². The molecule has 3 rings (SSSR count). The van der Waals surface area contributed by atoms with Crippen LogP contribution in [0.2, 0.25) is 0 Å². The van der Waals surface area contributed by atoms with Gasteiger partial charge in [-0.15, -0.1) is 0 Å². The van der Waals surface area contributed by atoms with Crippen molar-refractivity contribution in [3.63, 3.8) is 0 Å². The molecule has 1 atom stereocenters. The number of aromatic amines is 1. The van der Waals surface area contributed by atoms with Crippen LogP contribution in [0.15, 0.2) is 30.6 Å². The molecule has 0 radical (unpaired) electrons. The Kier molecular flexibility index (Phi) is 2.90. The predicted molar refractivity (Wildman–Crippen MR) is 66.4 cm³/mol. The fraction of sp³-hybridized carbons (Fsp3) is 0.308. The monoisotopic (exact) mass is 245 g/mol. The molecule has 0 saturated carbocycles. The molecule has 2 heterocycles. The minimum atomic E-state index is 0.165. The SMILES string of the molecule is CC(NCc1cccc2c1OCO2)c1ncc[nH]1. The van der Waals surface area contributed by atoms with E-state index in [1.165, 1.54) is 0 Å². The molecule has 18 heavy (non-hydrogen) atoms. The Labute approximate surface area is 105 Å². The van der Waals surface area contributed by atoms with E-state index in [2.05, 4.69) is 22.2 Å². The fourth-order valence-corrected chi connectivity index (χ4v) is 2.00. The second kappa shape index (κ2) is 4.70. The number of ether oxygens (including phenoxy) is 2. The summed E-state index contributed by atoms with van der Waals surface area (Å²) in [6.45, 7) is 3.09. The quantitative estimate of drug-likeness (QED) is 0.864. The van der Waals surface area contributed by atoms with Gasteiger partial charge in [0.25, 0.3) is 0 Å². The fourth-order valence-electron chi connectivity index (χ4n) is 2.00. The highest BCUT2D eigenvalue weighted by molar-refractivity contribution is 5.48. The van der Waals surface area contributed by atoms with Crippen molar-refractivity contribution in [1.82, 2.24) is 15.3 Å². The minimum absolute atomic E-state index is 0.165. The van der Waals surface area contributed by atoms with E-state index in [0.29, 0.717) is 13.3 Å². The zero-order chi connectivity index (χ0) is 12.4. The number of hydrogen-bond acceptors (Lipinski definition) is 4. The number of nitrogens with zero attached hydrogens (tertiary/aromatic N) is 1. The van der Waals surface area contributed by atoms with Gasteiger partial charge in [-0.3, -0.25) is 0 Å². The summed E-state index contributed by atoms with van der Waals surface area (Å²) in [7, 11) is 0. The van der Waals surface area contributed by atoms with Crippen molar-refractivity contribution in [3.05, 3.63) is 42.0 Å². The second-order valence-electron chi connectivity index (χ2n) is 4.23. The zero-order valence-electron chi connectivity index (χ0n) is 10.1. The lowest BCUT2D eigenvalue weighted by atomic mass is 10.1. The summed E-state index contributed by atoms with van der Waals surface area (Å²) in [5.41, 5.74) is 1.10. The van der Waals surface area contributed by atoms with Crippen molar-refractivity contribution in [2.24, 2.45) is 0 Å². The van der Waals surface area contributed by atoms with E-state index >= 15 is 0 Å². The molecule has 5 heteroatoms. The molecule has 2 aromatic rings. The van der Waals surface area contributed by atoms with E-state index in [0.717, 1.165) is 22.9 Å². The van der Waals surface area contributed by atoms with E-state index in [4.69, 9.17) is 9.47 Å². The van der Waals surface area contributed by atoms with Gasteiger partial charge in [0, 0.05) is 24.5 Å². The van der Waals surface area contributed by atoms with Crippen molar-refractivity contribution >= 4 is 0 Å². The highest BCUT2D eigenvalue weighted by Crippen LogP contribution is 2.35. The molecule has 1 aromatic heterocycles. The van der Waals surface area contributed by atoms with Crippen LogP contribution >= 0.6 is 0 Å². The lowest BCUT2D eigenvalue weighted by molar-refractivity contribution is 0.173. The highest BCUT2D eigenvalue weighted by Gasteiger charge is 2.17. The molecular formula is C13H15N3O2. The number of para-hydroxylation sites is 1. The largest absolute Gasteiger partial charge is 0.454 e. The third-order valence-electron chi connectivity index (χ3n) is 3.01. The summed E-state index contributed by atoms with van der Waals surface area (Å²) in [6, 6.07) is 6.09. The molecule has 0 spiro atoms. The van der Waals surface area contributed by atoms with Gasteiger partial charge in [-0.05, 0) is 13.0 Å². The van der Waals surface area contributed by atoms with Gasteiger partial charge in [0.15, 0.2) is 11.5 Å². The summed E-state index contributed by atoms with van der Waals surface area (Å²) < 4.78 is 10.8. The lowest BCUT2D eigenvalue weighted by Crippen LogP contribution is -2.19. The summed E-state index contributed by atoms with van der Waals surface area (Å²) in [5, 5.41) is 3.40. The Morgan fingerprint density at radius 3 is 3.22 bits per heavy atom. The first-order chi connectivity index (χ1) is 8.84. The summed E-state index contributed by atoms with van der Waals surface area (Å²) in [5.74, 6) is 2.59. The number of nitrogens with one attached hydrogen (secondary N) is 2. The van der Waals surface area contributed by atoms with Gasteiger partial charge in [-0.2, -0.15) is 0 Å². The maximum atomic E-state index is 5.47. The van der Waals surface area contributed by atoms with Crippen molar-refractivity contribution in [1.29, 1.82) is 0 Å². The number of imidazole rings is 1. The van der Waals surface area contributed by atoms with E-state index < -0.39 is 0 Å². The van der Waals surface area contributed by atoms with Crippen molar-refractivity contribution in [2.75, 3.05) is 6.79 Å². The third kappa shape index (κ3) is 2.04. The van der Waals surface area contributed by atoms with Gasteiger partial charge in [-0.25, -0.2) is 4.98 Å². The maximum absolute atomic E-state index is 5.47. The first-order valence-electron chi connectivity index (χ1n) is 5.95. The van der Waals surface area contributed by atoms with Crippen LogP contribution in [-0.4, -0.2) is 16.8 Å². The van der Waals surface area contributed by atoms with Crippen LogP contribution in [0.4, 0.5) is 0 Å². The third-order valence-corrected chi connectivity index (χ3v) is 3.01. The zero-order valence-corrected chi connectivity index (χ0v) is 10.1. The Morgan fingerprint density at radius 1 is 1.44 bits per heavy atom. The molecule has 1 unspecified atom stereocenters. The van der Waals surface area contributed by atoms with Crippen molar-refractivity contribution in [2.45, 2.75) is 19.5 Å². The van der Waals surface area contributed by atoms with Crippen LogP contribution in [0.3, 0.4) is 0 Å². The van der Waals surface area contributed by atoms with E-state index in [1.54, 1.807) is 6.20 Å². The Bertz CT molecular complexity index is 525. The molecule has 1 aliphatic heterocycles. The van der Waals surface area contributed by atoms with Crippen molar-refractivity contribution < 1.29 is 9.47 Å². The maximum Gasteiger partial charge on any atom is 0.231 e. The summed E-state index contributed by atoms with van der Waals surface area (Å²) in [6.07, 6.45) is 3.58. The van der Waals surface area contributed by atoms with Crippen LogP contribution in [0.25, 0.3) is 0 Å². The average Bonchev–Trinajstić information content (AvgIpc) is 3.05. The van der Waals surface area contributed by atoms with E-state index in [1.807, 2.05) is 24.4 Å². The molecule has 5 nitrogen and oxygen atoms in total. The Balaban J connectivity index is 1.69. The smallest absolute Gasteiger partial charge is 0.231 e. The molecule has 94 valence electrons. The number of benzene rings is 1. The molecule has 0 aliphatic carbocycles. The number of fused-ring (bicyclic) bond motifs is 1. The van der Waals surface area contributed by atoms with Crippen LogP contribution in [0.5, 0.6) is 11.5 Å². The molecule has 1 aliphatic rings. The van der Waals surface area contributed by atoms with Gasteiger partial charge in [0.05, 0.1) is 6.04 Å². The van der Waals surface area contributed by atoms with Gasteiger partial charge < -0.3 is 19.8 Å². The molecule has 1 aromatic carbocycles. The number of aromatic nitrogens is 2.